The summed E-state index contributed by atoms with van der Waals surface area (Å²) < 4.78 is 0. The van der Waals surface area contributed by atoms with Crippen LogP contribution in [0.15, 0.2) is 41.3 Å². The summed E-state index contributed by atoms with van der Waals surface area (Å²) in [7, 11) is 0. The van der Waals surface area contributed by atoms with E-state index in [1.54, 1.807) is 0 Å². The number of carbonyl (C=O) groups excluding carboxylic acids is 1. The van der Waals surface area contributed by atoms with Gasteiger partial charge in [-0.2, -0.15) is 0 Å². The first-order valence-electron chi connectivity index (χ1n) is 5.68. The second kappa shape index (κ2) is 6.72. The highest BCUT2D eigenvalue weighted by Crippen LogP contribution is 2.32. The topological polar surface area (TPSA) is 29.1 Å². The van der Waals surface area contributed by atoms with Crippen LogP contribution >= 0.6 is 47.4 Å². The van der Waals surface area contributed by atoms with Crippen molar-refractivity contribution in [3.63, 3.8) is 0 Å². The van der Waals surface area contributed by atoms with E-state index >= 15 is 0 Å². The van der Waals surface area contributed by atoms with Gasteiger partial charge in [-0.25, -0.2) is 0 Å². The number of amides is 1. The van der Waals surface area contributed by atoms with Gasteiger partial charge in [-0.3, -0.25) is 4.79 Å². The molecule has 0 saturated heterocycles. The Bertz CT molecular complexity index is 644. The van der Waals surface area contributed by atoms with Gasteiger partial charge < -0.3 is 5.32 Å². The third-order valence-corrected chi connectivity index (χ3v) is 3.92. The minimum atomic E-state index is -0.183. The molecule has 0 heterocycles. The number of thiol groups is 1. The third-order valence-electron chi connectivity index (χ3n) is 2.59. The zero-order valence-corrected chi connectivity index (χ0v) is 13.3. The first kappa shape index (κ1) is 15.5. The molecule has 6 heteroatoms. The molecular weight excluding hydrogens is 337 g/mol. The molecule has 0 aliphatic carbocycles. The van der Waals surface area contributed by atoms with Crippen LogP contribution in [0.1, 0.15) is 5.56 Å². The summed E-state index contributed by atoms with van der Waals surface area (Å²) in [6.07, 6.45) is 0.241. The predicted molar refractivity (Wildman–Crippen MR) is 87.5 cm³/mol. The summed E-state index contributed by atoms with van der Waals surface area (Å²) in [6.45, 7) is 0. The lowest BCUT2D eigenvalue weighted by Gasteiger charge is -2.09. The Morgan fingerprint density at radius 3 is 2.25 bits per heavy atom. The van der Waals surface area contributed by atoms with Gasteiger partial charge in [0, 0.05) is 4.90 Å². The highest BCUT2D eigenvalue weighted by Gasteiger charge is 2.10. The van der Waals surface area contributed by atoms with E-state index in [2.05, 4.69) is 17.9 Å². The van der Waals surface area contributed by atoms with Gasteiger partial charge in [0.15, 0.2) is 0 Å². The van der Waals surface area contributed by atoms with Gasteiger partial charge in [0.2, 0.25) is 5.91 Å². The Hall–Kier alpha value is -0.870. The fourth-order valence-electron chi connectivity index (χ4n) is 1.61. The molecule has 0 unspecified atom stereocenters. The minimum Gasteiger partial charge on any atom is -0.324 e. The Morgan fingerprint density at radius 2 is 1.60 bits per heavy atom. The average Bonchev–Trinajstić information content (AvgIpc) is 2.39. The Balaban J connectivity index is 2.08. The Labute approximate surface area is 137 Å². The molecule has 0 radical (unpaired) electrons. The summed E-state index contributed by atoms with van der Waals surface area (Å²) in [6, 6.07) is 10.4. The number of carbonyl (C=O) groups is 1. The van der Waals surface area contributed by atoms with Gasteiger partial charge in [-0.05, 0) is 29.8 Å². The number of hydrogen-bond donors (Lipinski definition) is 2. The molecule has 0 bridgehead atoms. The van der Waals surface area contributed by atoms with Crippen LogP contribution in [0.25, 0.3) is 0 Å². The van der Waals surface area contributed by atoms with Crippen molar-refractivity contribution in [2.45, 2.75) is 11.3 Å². The molecular formula is C14H10Cl3NOS. The van der Waals surface area contributed by atoms with Crippen molar-refractivity contribution in [2.75, 3.05) is 5.32 Å². The van der Waals surface area contributed by atoms with Gasteiger partial charge in [-0.1, -0.05) is 46.9 Å². The van der Waals surface area contributed by atoms with Crippen molar-refractivity contribution >= 4 is 59.0 Å². The molecule has 0 saturated carbocycles. The summed E-state index contributed by atoms with van der Waals surface area (Å²) in [5.41, 5.74) is 1.33. The molecule has 0 atom stereocenters. The van der Waals surface area contributed by atoms with Crippen LogP contribution in [0, 0.1) is 0 Å². The quantitative estimate of drug-likeness (QED) is 0.586. The fourth-order valence-corrected chi connectivity index (χ4v) is 2.36. The molecule has 2 rings (SSSR count). The van der Waals surface area contributed by atoms with Crippen molar-refractivity contribution in [3.8, 4) is 0 Å². The Morgan fingerprint density at radius 1 is 1.00 bits per heavy atom. The minimum absolute atomic E-state index is 0.183. The zero-order chi connectivity index (χ0) is 14.7. The van der Waals surface area contributed by atoms with Gasteiger partial charge in [0.05, 0.1) is 27.2 Å². The van der Waals surface area contributed by atoms with Crippen molar-refractivity contribution in [3.05, 3.63) is 57.0 Å². The summed E-state index contributed by atoms with van der Waals surface area (Å²) in [5, 5.41) is 3.74. The van der Waals surface area contributed by atoms with Crippen LogP contribution in [-0.2, 0) is 11.2 Å². The van der Waals surface area contributed by atoms with Crippen molar-refractivity contribution in [1.82, 2.24) is 0 Å². The Kier molecular flexibility index (Phi) is 5.22. The molecule has 20 heavy (non-hydrogen) atoms. The fraction of sp³-hybridized carbons (Fsp3) is 0.0714. The molecule has 0 spiro atoms. The SMILES string of the molecule is O=C(Cc1ccc(S)cc1)Nc1cc(Cl)c(Cl)cc1Cl. The monoisotopic (exact) mass is 345 g/mol. The molecule has 0 aliphatic heterocycles. The molecule has 0 fully saturated rings. The summed E-state index contributed by atoms with van der Waals surface area (Å²) in [4.78, 5) is 12.8. The molecule has 2 nitrogen and oxygen atoms in total. The van der Waals surface area contributed by atoms with Crippen LogP contribution in [-0.4, -0.2) is 5.91 Å². The van der Waals surface area contributed by atoms with Gasteiger partial charge in [-0.15, -0.1) is 12.6 Å². The highest BCUT2D eigenvalue weighted by atomic mass is 35.5. The van der Waals surface area contributed by atoms with E-state index in [9.17, 15) is 4.79 Å². The van der Waals surface area contributed by atoms with Gasteiger partial charge in [0.25, 0.3) is 0 Å². The number of rotatable bonds is 3. The van der Waals surface area contributed by atoms with Gasteiger partial charge >= 0.3 is 0 Å². The van der Waals surface area contributed by atoms with Crippen LogP contribution in [0.4, 0.5) is 5.69 Å². The van der Waals surface area contributed by atoms with E-state index in [1.807, 2.05) is 24.3 Å². The smallest absolute Gasteiger partial charge is 0.228 e. The standard InChI is InChI=1S/C14H10Cl3NOS/c15-10-6-12(17)13(7-11(10)16)18-14(19)5-8-1-3-9(20)4-2-8/h1-4,6-7,20H,5H2,(H,18,19). The van der Waals surface area contributed by atoms with E-state index in [0.29, 0.717) is 20.8 Å². The van der Waals surface area contributed by atoms with Gasteiger partial charge in [0.1, 0.15) is 0 Å². The largest absolute Gasteiger partial charge is 0.324 e. The second-order valence-corrected chi connectivity index (χ2v) is 5.88. The number of nitrogens with one attached hydrogen (secondary N) is 1. The first-order valence-corrected chi connectivity index (χ1v) is 7.26. The van der Waals surface area contributed by atoms with Crippen molar-refractivity contribution in [1.29, 1.82) is 0 Å². The third kappa shape index (κ3) is 4.06. The number of anilines is 1. The maximum atomic E-state index is 12.0. The lowest BCUT2D eigenvalue weighted by molar-refractivity contribution is -0.115. The summed E-state index contributed by atoms with van der Waals surface area (Å²) >= 11 is 21.9. The van der Waals surface area contributed by atoms with Crippen LogP contribution in [0.3, 0.4) is 0 Å². The van der Waals surface area contributed by atoms with E-state index < -0.39 is 0 Å². The van der Waals surface area contributed by atoms with Crippen molar-refractivity contribution in [2.24, 2.45) is 0 Å². The maximum absolute atomic E-state index is 12.0. The van der Waals surface area contributed by atoms with Crippen LogP contribution < -0.4 is 5.32 Å². The number of halogens is 3. The highest BCUT2D eigenvalue weighted by molar-refractivity contribution is 7.80. The first-order chi connectivity index (χ1) is 9.45. The number of hydrogen-bond acceptors (Lipinski definition) is 2. The average molecular weight is 347 g/mol. The van der Waals surface area contributed by atoms with E-state index in [1.165, 1.54) is 12.1 Å². The predicted octanol–water partition coefficient (Wildman–Crippen LogP) is 5.12. The zero-order valence-electron chi connectivity index (χ0n) is 10.2. The molecule has 0 aliphatic rings. The van der Waals surface area contributed by atoms with E-state index in [4.69, 9.17) is 34.8 Å². The molecule has 2 aromatic carbocycles. The van der Waals surface area contributed by atoms with E-state index in [-0.39, 0.29) is 12.3 Å². The lowest BCUT2D eigenvalue weighted by atomic mass is 10.1. The normalized spacial score (nSPS) is 10.4. The maximum Gasteiger partial charge on any atom is 0.228 e. The number of benzene rings is 2. The molecule has 0 aromatic heterocycles. The van der Waals surface area contributed by atoms with Crippen molar-refractivity contribution < 1.29 is 4.79 Å². The molecule has 104 valence electrons. The second-order valence-electron chi connectivity index (χ2n) is 4.14. The molecule has 1 N–H and O–H groups in total. The van der Waals surface area contributed by atoms with Crippen LogP contribution in [0.2, 0.25) is 15.1 Å². The molecule has 2 aromatic rings. The lowest BCUT2D eigenvalue weighted by Crippen LogP contribution is -2.14. The van der Waals surface area contributed by atoms with Crippen LogP contribution in [0.5, 0.6) is 0 Å². The summed E-state index contributed by atoms with van der Waals surface area (Å²) in [5.74, 6) is -0.183. The molecule has 1 amide bonds. The van der Waals surface area contributed by atoms with E-state index in [0.717, 1.165) is 10.5 Å².